The molecule has 0 aliphatic heterocycles. The van der Waals surface area contributed by atoms with Gasteiger partial charge in [-0.05, 0) is 43.2 Å². The zero-order valence-corrected chi connectivity index (χ0v) is 10.2. The SMILES string of the molecule is CC(C)(C)OC(=O)CNCc1ccsc1. The van der Waals surface area contributed by atoms with Crippen LogP contribution >= 0.6 is 11.3 Å². The third-order valence-corrected chi connectivity index (χ3v) is 2.33. The molecule has 1 aromatic heterocycles. The van der Waals surface area contributed by atoms with Gasteiger partial charge in [-0.15, -0.1) is 0 Å². The Kier molecular flexibility index (Phi) is 4.29. The fraction of sp³-hybridized carbons (Fsp3) is 0.545. The van der Waals surface area contributed by atoms with Crippen LogP contribution in [0.2, 0.25) is 0 Å². The van der Waals surface area contributed by atoms with E-state index in [1.165, 1.54) is 5.56 Å². The van der Waals surface area contributed by atoms with E-state index in [9.17, 15) is 4.79 Å². The molecule has 0 unspecified atom stereocenters. The van der Waals surface area contributed by atoms with Crippen molar-refractivity contribution >= 4 is 17.3 Å². The lowest BCUT2D eigenvalue weighted by Crippen LogP contribution is -2.31. The van der Waals surface area contributed by atoms with Gasteiger partial charge in [-0.2, -0.15) is 11.3 Å². The number of hydrogen-bond donors (Lipinski definition) is 1. The topological polar surface area (TPSA) is 38.3 Å². The monoisotopic (exact) mass is 227 g/mol. The van der Waals surface area contributed by atoms with Crippen LogP contribution in [0.1, 0.15) is 26.3 Å². The van der Waals surface area contributed by atoms with Crippen molar-refractivity contribution in [3.05, 3.63) is 22.4 Å². The Morgan fingerprint density at radius 1 is 1.53 bits per heavy atom. The van der Waals surface area contributed by atoms with Gasteiger partial charge in [-0.1, -0.05) is 0 Å². The van der Waals surface area contributed by atoms with Gasteiger partial charge in [0.25, 0.3) is 0 Å². The molecule has 0 spiro atoms. The highest BCUT2D eigenvalue weighted by atomic mass is 32.1. The van der Waals surface area contributed by atoms with Crippen molar-refractivity contribution < 1.29 is 9.53 Å². The molecule has 15 heavy (non-hydrogen) atoms. The third kappa shape index (κ3) is 5.54. The Hall–Kier alpha value is -0.870. The number of ether oxygens (including phenoxy) is 1. The molecule has 0 saturated heterocycles. The molecule has 3 nitrogen and oxygen atoms in total. The first-order chi connectivity index (χ1) is 6.97. The molecule has 0 radical (unpaired) electrons. The molecule has 0 amide bonds. The van der Waals surface area contributed by atoms with Gasteiger partial charge in [-0.25, -0.2) is 0 Å². The van der Waals surface area contributed by atoms with Gasteiger partial charge in [0.05, 0.1) is 6.54 Å². The Balaban J connectivity index is 2.18. The largest absolute Gasteiger partial charge is 0.459 e. The maximum absolute atomic E-state index is 11.3. The van der Waals surface area contributed by atoms with Gasteiger partial charge < -0.3 is 10.1 Å². The molecule has 1 aromatic rings. The summed E-state index contributed by atoms with van der Waals surface area (Å²) in [6.45, 7) is 6.56. The lowest BCUT2D eigenvalue weighted by atomic mass is 10.2. The average Bonchev–Trinajstić information content (AvgIpc) is 2.53. The van der Waals surface area contributed by atoms with Crippen molar-refractivity contribution in [3.63, 3.8) is 0 Å². The van der Waals surface area contributed by atoms with Crippen LogP contribution in [0.3, 0.4) is 0 Å². The molecule has 0 bridgehead atoms. The number of thiophene rings is 1. The minimum atomic E-state index is -0.402. The van der Waals surface area contributed by atoms with Gasteiger partial charge in [0, 0.05) is 6.54 Å². The zero-order valence-electron chi connectivity index (χ0n) is 9.37. The van der Waals surface area contributed by atoms with Crippen LogP contribution in [-0.2, 0) is 16.1 Å². The quantitative estimate of drug-likeness (QED) is 0.801. The Labute approximate surface area is 94.5 Å². The minimum absolute atomic E-state index is 0.210. The highest BCUT2D eigenvalue weighted by Gasteiger charge is 2.15. The number of carbonyl (C=O) groups excluding carboxylic acids is 1. The highest BCUT2D eigenvalue weighted by molar-refractivity contribution is 7.07. The van der Waals surface area contributed by atoms with Gasteiger partial charge in [0.15, 0.2) is 0 Å². The maximum Gasteiger partial charge on any atom is 0.320 e. The summed E-state index contributed by atoms with van der Waals surface area (Å²) in [5.41, 5.74) is 0.796. The standard InChI is InChI=1S/C11H17NO2S/c1-11(2,3)14-10(13)7-12-6-9-4-5-15-8-9/h4-5,8,12H,6-7H2,1-3H3. The summed E-state index contributed by atoms with van der Waals surface area (Å²) in [4.78, 5) is 11.3. The number of carbonyl (C=O) groups is 1. The van der Waals surface area contributed by atoms with E-state index in [1.807, 2.05) is 32.2 Å². The zero-order chi connectivity index (χ0) is 11.3. The normalized spacial score (nSPS) is 11.4. The number of nitrogens with one attached hydrogen (secondary N) is 1. The van der Waals surface area contributed by atoms with Crippen molar-refractivity contribution in [2.24, 2.45) is 0 Å². The minimum Gasteiger partial charge on any atom is -0.459 e. The highest BCUT2D eigenvalue weighted by Crippen LogP contribution is 2.07. The van der Waals surface area contributed by atoms with Crippen LogP contribution in [0.5, 0.6) is 0 Å². The second-order valence-electron chi connectivity index (χ2n) is 4.32. The van der Waals surface area contributed by atoms with Crippen molar-refractivity contribution in [1.29, 1.82) is 0 Å². The molecule has 84 valence electrons. The molecule has 0 aromatic carbocycles. The Morgan fingerprint density at radius 3 is 2.80 bits per heavy atom. The summed E-state index contributed by atoms with van der Waals surface area (Å²) in [6.07, 6.45) is 0. The van der Waals surface area contributed by atoms with E-state index in [1.54, 1.807) is 11.3 Å². The smallest absolute Gasteiger partial charge is 0.320 e. The molecular formula is C11H17NO2S. The number of esters is 1. The fourth-order valence-electron chi connectivity index (χ4n) is 1.08. The van der Waals surface area contributed by atoms with Gasteiger partial charge in [0.1, 0.15) is 5.60 Å². The molecule has 0 atom stereocenters. The maximum atomic E-state index is 11.3. The molecule has 0 aliphatic carbocycles. The van der Waals surface area contributed by atoms with Gasteiger partial charge >= 0.3 is 5.97 Å². The first-order valence-corrected chi connectivity index (χ1v) is 5.85. The van der Waals surface area contributed by atoms with E-state index in [2.05, 4.69) is 10.7 Å². The third-order valence-electron chi connectivity index (χ3n) is 1.60. The summed E-state index contributed by atoms with van der Waals surface area (Å²) in [5, 5.41) is 7.12. The Bertz CT molecular complexity index is 301. The van der Waals surface area contributed by atoms with Crippen molar-refractivity contribution in [2.75, 3.05) is 6.54 Å². The van der Waals surface area contributed by atoms with Crippen LogP contribution in [0, 0.1) is 0 Å². The number of hydrogen-bond acceptors (Lipinski definition) is 4. The predicted molar refractivity (Wildman–Crippen MR) is 61.9 cm³/mol. The number of rotatable bonds is 4. The van der Waals surface area contributed by atoms with E-state index in [0.29, 0.717) is 6.54 Å². The van der Waals surface area contributed by atoms with Gasteiger partial charge in [0.2, 0.25) is 0 Å². The van der Waals surface area contributed by atoms with Crippen LogP contribution in [0.15, 0.2) is 16.8 Å². The summed E-state index contributed by atoms with van der Waals surface area (Å²) in [5.74, 6) is -0.210. The van der Waals surface area contributed by atoms with Crippen molar-refractivity contribution in [2.45, 2.75) is 32.9 Å². The first kappa shape index (κ1) is 12.2. The molecule has 1 heterocycles. The summed E-state index contributed by atoms with van der Waals surface area (Å²) >= 11 is 1.65. The summed E-state index contributed by atoms with van der Waals surface area (Å²) in [6, 6.07) is 2.03. The van der Waals surface area contributed by atoms with Crippen LogP contribution in [0.25, 0.3) is 0 Å². The summed E-state index contributed by atoms with van der Waals surface area (Å²) in [7, 11) is 0. The average molecular weight is 227 g/mol. The predicted octanol–water partition coefficient (Wildman–Crippen LogP) is 2.18. The first-order valence-electron chi connectivity index (χ1n) is 4.91. The van der Waals surface area contributed by atoms with E-state index in [4.69, 9.17) is 4.74 Å². The molecular weight excluding hydrogens is 210 g/mol. The van der Waals surface area contributed by atoms with Crippen molar-refractivity contribution in [3.8, 4) is 0 Å². The van der Waals surface area contributed by atoms with E-state index in [0.717, 1.165) is 0 Å². The fourth-order valence-corrected chi connectivity index (χ4v) is 1.75. The van der Waals surface area contributed by atoms with E-state index in [-0.39, 0.29) is 12.5 Å². The van der Waals surface area contributed by atoms with Gasteiger partial charge in [-0.3, -0.25) is 4.79 Å². The molecule has 0 fully saturated rings. The van der Waals surface area contributed by atoms with Crippen LogP contribution < -0.4 is 5.32 Å². The molecule has 1 rings (SSSR count). The molecule has 0 aliphatic rings. The van der Waals surface area contributed by atoms with E-state index >= 15 is 0 Å². The van der Waals surface area contributed by atoms with Crippen LogP contribution in [-0.4, -0.2) is 18.1 Å². The van der Waals surface area contributed by atoms with Crippen LogP contribution in [0.4, 0.5) is 0 Å². The second-order valence-corrected chi connectivity index (χ2v) is 5.10. The second kappa shape index (κ2) is 5.28. The molecule has 4 heteroatoms. The lowest BCUT2D eigenvalue weighted by molar-refractivity contribution is -0.153. The molecule has 0 saturated carbocycles. The van der Waals surface area contributed by atoms with E-state index < -0.39 is 5.60 Å². The van der Waals surface area contributed by atoms with Crippen molar-refractivity contribution in [1.82, 2.24) is 5.32 Å². The summed E-state index contributed by atoms with van der Waals surface area (Å²) < 4.78 is 5.16. The Morgan fingerprint density at radius 2 is 2.27 bits per heavy atom. The molecule has 1 N–H and O–H groups in total. The lowest BCUT2D eigenvalue weighted by Gasteiger charge is -2.19.